The zero-order valence-electron chi connectivity index (χ0n) is 18.6. The molecule has 4 rings (SSSR count). The standard InChI is InChI=1S/C26H31NO3S/c1-4-10-19(26(29)30)22-21(17-12-7-6-11-16(17)3)24-23(27(15-5-2)25(22)28)18-13-8-9-14-20(18)31-24/h6-7,11-13,19-20H,4-5,8-10,14-15H2,1-3H3,(H,29,30). The fourth-order valence-electron chi connectivity index (χ4n) is 5.04. The summed E-state index contributed by atoms with van der Waals surface area (Å²) in [6, 6.07) is 8.06. The quantitative estimate of drug-likeness (QED) is 0.557. The largest absolute Gasteiger partial charge is 0.481 e. The second-order valence-corrected chi connectivity index (χ2v) is 9.83. The summed E-state index contributed by atoms with van der Waals surface area (Å²) in [6.45, 7) is 6.72. The molecule has 1 N–H and O–H groups in total. The van der Waals surface area contributed by atoms with Crippen LogP contribution in [0.3, 0.4) is 0 Å². The van der Waals surface area contributed by atoms with Crippen molar-refractivity contribution in [3.63, 3.8) is 0 Å². The predicted octanol–water partition coefficient (Wildman–Crippen LogP) is 6.24. The average molecular weight is 438 g/mol. The molecule has 0 saturated heterocycles. The Morgan fingerprint density at radius 1 is 1.26 bits per heavy atom. The van der Waals surface area contributed by atoms with Crippen molar-refractivity contribution in [1.29, 1.82) is 0 Å². The predicted molar refractivity (Wildman–Crippen MR) is 128 cm³/mol. The van der Waals surface area contributed by atoms with Crippen LogP contribution >= 0.6 is 11.8 Å². The molecule has 0 fully saturated rings. The van der Waals surface area contributed by atoms with Gasteiger partial charge in [0.15, 0.2) is 0 Å². The van der Waals surface area contributed by atoms with Crippen molar-refractivity contribution < 1.29 is 9.90 Å². The number of hydrogen-bond donors (Lipinski definition) is 1. The van der Waals surface area contributed by atoms with Gasteiger partial charge in [-0.3, -0.25) is 9.59 Å². The Hall–Kier alpha value is -2.27. The molecule has 0 radical (unpaired) electrons. The van der Waals surface area contributed by atoms with Gasteiger partial charge >= 0.3 is 5.97 Å². The van der Waals surface area contributed by atoms with Crippen LogP contribution in [0.25, 0.3) is 16.7 Å². The Morgan fingerprint density at radius 2 is 2.03 bits per heavy atom. The lowest BCUT2D eigenvalue weighted by molar-refractivity contribution is -0.139. The number of fused-ring (bicyclic) bond motifs is 3. The molecular formula is C26H31NO3S. The summed E-state index contributed by atoms with van der Waals surface area (Å²) in [7, 11) is 0. The zero-order chi connectivity index (χ0) is 22.1. The third-order valence-corrected chi connectivity index (χ3v) is 7.86. The summed E-state index contributed by atoms with van der Waals surface area (Å²) in [5.74, 6) is -1.70. The van der Waals surface area contributed by atoms with Gasteiger partial charge in [-0.05, 0) is 55.7 Å². The SMILES string of the molecule is CCCC(C(=O)O)c1c(-c2ccccc2C)c2c(n(CCC)c1=O)C1=CCCCC1S2. The van der Waals surface area contributed by atoms with E-state index in [9.17, 15) is 14.7 Å². The molecule has 0 saturated carbocycles. The highest BCUT2D eigenvalue weighted by Gasteiger charge is 2.38. The lowest BCUT2D eigenvalue weighted by Crippen LogP contribution is -2.32. The highest BCUT2D eigenvalue weighted by molar-refractivity contribution is 8.01. The first-order valence-corrected chi connectivity index (χ1v) is 12.3. The number of aliphatic carboxylic acids is 1. The number of hydrogen-bond acceptors (Lipinski definition) is 3. The van der Waals surface area contributed by atoms with Gasteiger partial charge in [-0.15, -0.1) is 11.8 Å². The van der Waals surface area contributed by atoms with Gasteiger partial charge in [0, 0.05) is 27.8 Å². The number of allylic oxidation sites excluding steroid dienone is 1. The second-order valence-electron chi connectivity index (χ2n) is 8.61. The van der Waals surface area contributed by atoms with Crippen LogP contribution in [0.2, 0.25) is 0 Å². The molecule has 1 aromatic carbocycles. The van der Waals surface area contributed by atoms with Gasteiger partial charge in [0.1, 0.15) is 0 Å². The molecule has 4 nitrogen and oxygen atoms in total. The van der Waals surface area contributed by atoms with E-state index in [-0.39, 0.29) is 5.56 Å². The fourth-order valence-corrected chi connectivity index (χ4v) is 6.62. The van der Waals surface area contributed by atoms with Crippen molar-refractivity contribution >= 4 is 23.3 Å². The molecule has 31 heavy (non-hydrogen) atoms. The number of carboxylic acids is 1. The number of rotatable bonds is 7. The van der Waals surface area contributed by atoms with E-state index in [1.165, 1.54) is 5.57 Å². The Balaban J connectivity index is 2.13. The lowest BCUT2D eigenvalue weighted by atomic mass is 9.85. The minimum Gasteiger partial charge on any atom is -0.481 e. The van der Waals surface area contributed by atoms with Crippen molar-refractivity contribution in [2.24, 2.45) is 0 Å². The van der Waals surface area contributed by atoms with Gasteiger partial charge < -0.3 is 9.67 Å². The maximum absolute atomic E-state index is 14.0. The second kappa shape index (κ2) is 9.07. The Morgan fingerprint density at radius 3 is 2.71 bits per heavy atom. The van der Waals surface area contributed by atoms with Crippen LogP contribution in [-0.4, -0.2) is 20.9 Å². The van der Waals surface area contributed by atoms with Gasteiger partial charge in [-0.25, -0.2) is 0 Å². The molecule has 2 aromatic rings. The molecule has 0 amide bonds. The van der Waals surface area contributed by atoms with E-state index in [1.54, 1.807) is 0 Å². The van der Waals surface area contributed by atoms with Crippen molar-refractivity contribution in [3.05, 3.63) is 57.5 Å². The van der Waals surface area contributed by atoms with Crippen LogP contribution in [-0.2, 0) is 11.3 Å². The zero-order valence-corrected chi connectivity index (χ0v) is 19.4. The summed E-state index contributed by atoms with van der Waals surface area (Å²) in [5.41, 5.74) is 5.61. The van der Waals surface area contributed by atoms with E-state index in [2.05, 4.69) is 13.0 Å². The van der Waals surface area contributed by atoms with Crippen LogP contribution in [0.15, 0.2) is 40.0 Å². The van der Waals surface area contributed by atoms with E-state index in [0.717, 1.165) is 59.4 Å². The van der Waals surface area contributed by atoms with E-state index in [1.807, 2.05) is 54.4 Å². The third kappa shape index (κ3) is 3.78. The number of pyridine rings is 1. The summed E-state index contributed by atoms with van der Waals surface area (Å²) in [6.07, 6.45) is 7.63. The number of thioether (sulfide) groups is 1. The molecule has 1 aliphatic heterocycles. The molecular weight excluding hydrogens is 406 g/mol. The number of carboxylic acid groups (broad SMARTS) is 1. The summed E-state index contributed by atoms with van der Waals surface area (Å²) in [4.78, 5) is 27.5. The molecule has 2 unspecified atom stereocenters. The first-order valence-electron chi connectivity index (χ1n) is 11.5. The van der Waals surface area contributed by atoms with E-state index >= 15 is 0 Å². The molecule has 2 atom stereocenters. The molecule has 1 aromatic heterocycles. The smallest absolute Gasteiger partial charge is 0.311 e. The van der Waals surface area contributed by atoms with Gasteiger partial charge in [-0.2, -0.15) is 0 Å². The minimum absolute atomic E-state index is 0.118. The summed E-state index contributed by atoms with van der Waals surface area (Å²) in [5, 5.41) is 10.5. The van der Waals surface area contributed by atoms with Gasteiger partial charge in [0.2, 0.25) is 0 Å². The van der Waals surface area contributed by atoms with Crippen LogP contribution in [0, 0.1) is 6.92 Å². The first kappa shape index (κ1) is 21.9. The molecule has 0 bridgehead atoms. The number of aryl methyl sites for hydroxylation is 1. The normalized spacial score (nSPS) is 18.3. The van der Waals surface area contributed by atoms with Gasteiger partial charge in [0.05, 0.1) is 11.6 Å². The van der Waals surface area contributed by atoms with Crippen LogP contribution in [0.5, 0.6) is 0 Å². The number of benzene rings is 1. The highest BCUT2D eigenvalue weighted by Crippen LogP contribution is 2.53. The number of nitrogens with zero attached hydrogens (tertiary/aromatic N) is 1. The van der Waals surface area contributed by atoms with E-state index in [4.69, 9.17) is 0 Å². The van der Waals surface area contributed by atoms with E-state index in [0.29, 0.717) is 23.8 Å². The number of carbonyl (C=O) groups is 1. The van der Waals surface area contributed by atoms with Crippen LogP contribution in [0.1, 0.15) is 75.1 Å². The molecule has 2 aliphatic rings. The molecule has 2 heterocycles. The summed E-state index contributed by atoms with van der Waals surface area (Å²) < 4.78 is 1.89. The number of aromatic nitrogens is 1. The minimum atomic E-state index is -0.906. The Bertz CT molecular complexity index is 1100. The van der Waals surface area contributed by atoms with Crippen LogP contribution in [0.4, 0.5) is 0 Å². The molecule has 164 valence electrons. The van der Waals surface area contributed by atoms with Crippen molar-refractivity contribution in [2.75, 3.05) is 0 Å². The van der Waals surface area contributed by atoms with Crippen molar-refractivity contribution in [2.45, 2.75) is 81.9 Å². The Kier molecular flexibility index (Phi) is 6.42. The average Bonchev–Trinajstić information content (AvgIpc) is 3.13. The van der Waals surface area contributed by atoms with Crippen molar-refractivity contribution in [1.82, 2.24) is 4.57 Å². The molecule has 5 heteroatoms. The summed E-state index contributed by atoms with van der Waals surface area (Å²) >= 11 is 1.84. The monoisotopic (exact) mass is 437 g/mol. The maximum atomic E-state index is 14.0. The fraction of sp³-hybridized carbons (Fsp3) is 0.462. The highest BCUT2D eigenvalue weighted by atomic mass is 32.2. The molecule has 0 spiro atoms. The third-order valence-electron chi connectivity index (χ3n) is 6.46. The van der Waals surface area contributed by atoms with Crippen molar-refractivity contribution in [3.8, 4) is 11.1 Å². The topological polar surface area (TPSA) is 59.3 Å². The Labute approximate surface area is 188 Å². The first-order chi connectivity index (χ1) is 15.0. The van der Waals surface area contributed by atoms with Gasteiger partial charge in [0.25, 0.3) is 5.56 Å². The maximum Gasteiger partial charge on any atom is 0.311 e. The van der Waals surface area contributed by atoms with Crippen LogP contribution < -0.4 is 5.56 Å². The van der Waals surface area contributed by atoms with E-state index < -0.39 is 11.9 Å². The molecule has 1 aliphatic carbocycles. The lowest BCUT2D eigenvalue weighted by Gasteiger charge is -2.23. The van der Waals surface area contributed by atoms with Gasteiger partial charge in [-0.1, -0.05) is 50.6 Å².